The Balaban J connectivity index is 1.60. The molecule has 27 heavy (non-hydrogen) atoms. The number of phenolic OH excluding ortho intramolecular Hbond substituents is 1. The second kappa shape index (κ2) is 6.80. The Morgan fingerprint density at radius 2 is 1.52 bits per heavy atom. The maximum atomic E-state index is 10.3. The highest BCUT2D eigenvalue weighted by Crippen LogP contribution is 2.36. The van der Waals surface area contributed by atoms with Gasteiger partial charge in [-0.3, -0.25) is 0 Å². The van der Waals surface area contributed by atoms with E-state index in [0.717, 1.165) is 29.4 Å². The van der Waals surface area contributed by atoms with Crippen molar-refractivity contribution in [3.05, 3.63) is 96.5 Å². The summed E-state index contributed by atoms with van der Waals surface area (Å²) < 4.78 is 0. The van der Waals surface area contributed by atoms with Gasteiger partial charge in [0.25, 0.3) is 0 Å². The lowest BCUT2D eigenvalue weighted by molar-refractivity contribution is 0.451. The molecule has 2 heterocycles. The SMILES string of the molecule is CC(C)(c1cccc(N2C=CN(c3ccccc3)C2)n1)c1ccccc1O. The van der Waals surface area contributed by atoms with Crippen LogP contribution in [0.5, 0.6) is 5.75 Å². The maximum Gasteiger partial charge on any atom is 0.134 e. The Morgan fingerprint density at radius 1 is 0.815 bits per heavy atom. The van der Waals surface area contributed by atoms with Crippen LogP contribution in [0.25, 0.3) is 0 Å². The van der Waals surface area contributed by atoms with E-state index in [1.54, 1.807) is 6.07 Å². The number of para-hydroxylation sites is 2. The standard InChI is InChI=1S/C23H23N3O/c1-23(2,19-11-6-7-12-20(19)27)21-13-8-14-22(24-21)26-16-15-25(17-26)18-9-4-3-5-10-18/h3-16,27H,17H2,1-2H3. The van der Waals surface area contributed by atoms with Gasteiger partial charge in [-0.25, -0.2) is 4.98 Å². The van der Waals surface area contributed by atoms with Gasteiger partial charge in [-0.2, -0.15) is 0 Å². The van der Waals surface area contributed by atoms with E-state index in [-0.39, 0.29) is 0 Å². The van der Waals surface area contributed by atoms with E-state index in [1.807, 2.05) is 60.8 Å². The summed E-state index contributed by atoms with van der Waals surface area (Å²) in [6.45, 7) is 4.89. The first kappa shape index (κ1) is 17.2. The smallest absolute Gasteiger partial charge is 0.134 e. The van der Waals surface area contributed by atoms with E-state index in [9.17, 15) is 5.11 Å². The molecule has 0 atom stereocenters. The minimum Gasteiger partial charge on any atom is -0.508 e. The van der Waals surface area contributed by atoms with Crippen LogP contribution in [0.2, 0.25) is 0 Å². The van der Waals surface area contributed by atoms with Crippen molar-refractivity contribution < 1.29 is 5.11 Å². The van der Waals surface area contributed by atoms with Crippen LogP contribution in [0.4, 0.5) is 11.5 Å². The fourth-order valence-corrected chi connectivity index (χ4v) is 3.43. The van der Waals surface area contributed by atoms with E-state index < -0.39 is 5.41 Å². The zero-order valence-corrected chi connectivity index (χ0v) is 15.6. The Hall–Kier alpha value is -3.27. The van der Waals surface area contributed by atoms with E-state index in [0.29, 0.717) is 5.75 Å². The van der Waals surface area contributed by atoms with E-state index in [1.165, 1.54) is 0 Å². The summed E-state index contributed by atoms with van der Waals surface area (Å²) in [6.07, 6.45) is 4.12. The van der Waals surface area contributed by atoms with Gasteiger partial charge in [0.15, 0.2) is 0 Å². The lowest BCUT2D eigenvalue weighted by atomic mass is 9.80. The average Bonchev–Trinajstić information content (AvgIpc) is 3.19. The lowest BCUT2D eigenvalue weighted by Crippen LogP contribution is -2.27. The molecule has 0 radical (unpaired) electrons. The minimum atomic E-state index is -0.399. The first-order valence-electron chi connectivity index (χ1n) is 9.08. The van der Waals surface area contributed by atoms with Crippen molar-refractivity contribution in [2.45, 2.75) is 19.3 Å². The van der Waals surface area contributed by atoms with Crippen molar-refractivity contribution in [2.24, 2.45) is 0 Å². The third kappa shape index (κ3) is 3.26. The number of pyridine rings is 1. The van der Waals surface area contributed by atoms with Gasteiger partial charge in [0.2, 0.25) is 0 Å². The molecule has 1 N–H and O–H groups in total. The highest BCUT2D eigenvalue weighted by Gasteiger charge is 2.28. The largest absolute Gasteiger partial charge is 0.508 e. The first-order chi connectivity index (χ1) is 13.1. The number of benzene rings is 2. The van der Waals surface area contributed by atoms with Gasteiger partial charge in [-0.1, -0.05) is 56.3 Å². The normalized spacial score (nSPS) is 14.0. The first-order valence-corrected chi connectivity index (χ1v) is 9.08. The van der Waals surface area contributed by atoms with Crippen molar-refractivity contribution in [3.63, 3.8) is 0 Å². The summed E-state index contributed by atoms with van der Waals surface area (Å²) in [5, 5.41) is 10.3. The van der Waals surface area contributed by atoms with Gasteiger partial charge < -0.3 is 14.9 Å². The molecule has 0 spiro atoms. The average molecular weight is 357 g/mol. The zero-order valence-electron chi connectivity index (χ0n) is 15.6. The van der Waals surface area contributed by atoms with Gasteiger partial charge in [-0.15, -0.1) is 0 Å². The summed E-state index contributed by atoms with van der Waals surface area (Å²) in [5.74, 6) is 1.19. The van der Waals surface area contributed by atoms with Crippen molar-refractivity contribution in [1.29, 1.82) is 0 Å². The number of aromatic nitrogens is 1. The van der Waals surface area contributed by atoms with Crippen LogP contribution in [0.3, 0.4) is 0 Å². The Labute approximate surface area is 160 Å². The number of aromatic hydroxyl groups is 1. The predicted molar refractivity (Wildman–Crippen MR) is 110 cm³/mol. The summed E-state index contributed by atoms with van der Waals surface area (Å²) in [4.78, 5) is 9.21. The van der Waals surface area contributed by atoms with E-state index in [4.69, 9.17) is 4.98 Å². The summed E-state index contributed by atoms with van der Waals surface area (Å²) in [5.41, 5.74) is 2.55. The monoisotopic (exact) mass is 357 g/mol. The fourth-order valence-electron chi connectivity index (χ4n) is 3.43. The number of phenols is 1. The Morgan fingerprint density at radius 3 is 2.30 bits per heavy atom. The number of hydrogen-bond acceptors (Lipinski definition) is 4. The van der Waals surface area contributed by atoms with Crippen molar-refractivity contribution in [2.75, 3.05) is 16.5 Å². The van der Waals surface area contributed by atoms with E-state index in [2.05, 4.69) is 42.0 Å². The highest BCUT2D eigenvalue weighted by atomic mass is 16.3. The second-order valence-electron chi connectivity index (χ2n) is 7.24. The molecule has 0 fully saturated rings. The number of hydrogen-bond donors (Lipinski definition) is 1. The summed E-state index contributed by atoms with van der Waals surface area (Å²) >= 11 is 0. The molecule has 0 saturated heterocycles. The molecule has 0 amide bonds. The van der Waals surface area contributed by atoms with Gasteiger partial charge >= 0.3 is 0 Å². The Kier molecular flexibility index (Phi) is 4.32. The molecule has 4 heteroatoms. The molecule has 0 aliphatic carbocycles. The van der Waals surface area contributed by atoms with Crippen LogP contribution in [-0.2, 0) is 5.41 Å². The van der Waals surface area contributed by atoms with Crippen LogP contribution >= 0.6 is 0 Å². The number of rotatable bonds is 4. The van der Waals surface area contributed by atoms with Gasteiger partial charge in [0, 0.05) is 29.1 Å². The summed E-state index contributed by atoms with van der Waals surface area (Å²) in [7, 11) is 0. The molecule has 4 nitrogen and oxygen atoms in total. The third-order valence-corrected chi connectivity index (χ3v) is 5.07. The van der Waals surface area contributed by atoms with Crippen LogP contribution in [0.1, 0.15) is 25.1 Å². The quantitative estimate of drug-likeness (QED) is 0.723. The molecule has 0 saturated carbocycles. The highest BCUT2D eigenvalue weighted by molar-refractivity contribution is 5.57. The molecular formula is C23H23N3O. The maximum absolute atomic E-state index is 10.3. The van der Waals surface area contributed by atoms with E-state index >= 15 is 0 Å². The zero-order chi connectivity index (χ0) is 18.9. The van der Waals surface area contributed by atoms with Crippen molar-refractivity contribution in [1.82, 2.24) is 4.98 Å². The molecule has 1 aliphatic heterocycles. The van der Waals surface area contributed by atoms with Crippen LogP contribution in [0, 0.1) is 0 Å². The van der Waals surface area contributed by atoms with Crippen LogP contribution in [0.15, 0.2) is 85.2 Å². The topological polar surface area (TPSA) is 39.6 Å². The number of nitrogens with zero attached hydrogens (tertiary/aromatic N) is 3. The predicted octanol–water partition coefficient (Wildman–Crippen LogP) is 4.87. The van der Waals surface area contributed by atoms with Crippen molar-refractivity contribution >= 4 is 11.5 Å². The molecular weight excluding hydrogens is 334 g/mol. The van der Waals surface area contributed by atoms with Crippen LogP contribution in [-0.4, -0.2) is 16.8 Å². The fraction of sp³-hybridized carbons (Fsp3) is 0.174. The molecule has 0 bridgehead atoms. The second-order valence-corrected chi connectivity index (χ2v) is 7.24. The van der Waals surface area contributed by atoms with Crippen molar-refractivity contribution in [3.8, 4) is 5.75 Å². The van der Waals surface area contributed by atoms with Gasteiger partial charge in [0.05, 0.1) is 5.69 Å². The third-order valence-electron chi connectivity index (χ3n) is 5.07. The number of anilines is 2. The molecule has 136 valence electrons. The summed E-state index contributed by atoms with van der Waals surface area (Å²) in [6, 6.07) is 23.8. The van der Waals surface area contributed by atoms with Gasteiger partial charge in [-0.05, 0) is 30.3 Å². The molecule has 0 unspecified atom stereocenters. The molecule has 3 aromatic rings. The lowest BCUT2D eigenvalue weighted by Gasteiger charge is -2.27. The Bertz CT molecular complexity index is 966. The molecule has 1 aromatic heterocycles. The molecule has 2 aromatic carbocycles. The minimum absolute atomic E-state index is 0.297. The van der Waals surface area contributed by atoms with Crippen LogP contribution < -0.4 is 9.80 Å². The van der Waals surface area contributed by atoms with Gasteiger partial charge in [0.1, 0.15) is 18.2 Å². The molecule has 4 rings (SSSR count). The molecule has 1 aliphatic rings.